The summed E-state index contributed by atoms with van der Waals surface area (Å²) in [6.45, 7) is 0.977. The minimum absolute atomic E-state index is 0.375. The molecule has 0 radical (unpaired) electrons. The highest BCUT2D eigenvalue weighted by Crippen LogP contribution is 2.24. The molecule has 0 aromatic heterocycles. The molecule has 1 aromatic carbocycles. The van der Waals surface area contributed by atoms with E-state index in [-0.39, 0.29) is 0 Å². The van der Waals surface area contributed by atoms with Crippen molar-refractivity contribution < 1.29 is 8.42 Å². The molecule has 1 saturated heterocycles. The van der Waals surface area contributed by atoms with Crippen LogP contribution in [-0.4, -0.2) is 32.7 Å². The lowest BCUT2D eigenvalue weighted by atomic mass is 10.1. The van der Waals surface area contributed by atoms with E-state index in [9.17, 15) is 8.42 Å². The van der Waals surface area contributed by atoms with E-state index in [1.54, 1.807) is 12.1 Å². The number of rotatable bonds is 4. The number of sulfone groups is 1. The van der Waals surface area contributed by atoms with E-state index < -0.39 is 9.84 Å². The molecule has 1 N–H and O–H groups in total. The van der Waals surface area contributed by atoms with Crippen LogP contribution in [0.5, 0.6) is 0 Å². The highest BCUT2D eigenvalue weighted by atomic mass is 32.2. The predicted molar refractivity (Wildman–Crippen MR) is 73.5 cm³/mol. The van der Waals surface area contributed by atoms with Crippen LogP contribution in [0.25, 0.3) is 0 Å². The minimum atomic E-state index is -3.08. The molecule has 1 atom stereocenters. The van der Waals surface area contributed by atoms with Gasteiger partial charge < -0.3 is 5.32 Å². The molecular weight excluding hydrogens is 254 g/mol. The van der Waals surface area contributed by atoms with Crippen molar-refractivity contribution in [3.63, 3.8) is 0 Å². The van der Waals surface area contributed by atoms with Crippen LogP contribution >= 0.6 is 11.8 Å². The molecule has 1 aromatic rings. The predicted octanol–water partition coefficient (Wildman–Crippen LogP) is 2.26. The Hall–Kier alpha value is -0.680. The number of benzene rings is 1. The van der Waals surface area contributed by atoms with Gasteiger partial charge in [0.05, 0.1) is 4.90 Å². The molecule has 1 heterocycles. The van der Waals surface area contributed by atoms with E-state index in [1.807, 2.05) is 23.9 Å². The van der Waals surface area contributed by atoms with Crippen molar-refractivity contribution in [3.05, 3.63) is 24.3 Å². The summed E-state index contributed by atoms with van der Waals surface area (Å²) < 4.78 is 22.6. The fourth-order valence-electron chi connectivity index (χ4n) is 1.83. The van der Waals surface area contributed by atoms with Crippen LogP contribution in [0.4, 0.5) is 5.69 Å². The van der Waals surface area contributed by atoms with Crippen LogP contribution in [0.2, 0.25) is 0 Å². The normalized spacial score (nSPS) is 20.4. The number of hydrogen-bond donors (Lipinski definition) is 1. The molecule has 94 valence electrons. The Morgan fingerprint density at radius 1 is 1.35 bits per heavy atom. The van der Waals surface area contributed by atoms with Crippen LogP contribution in [-0.2, 0) is 9.84 Å². The van der Waals surface area contributed by atoms with Crippen LogP contribution in [0.1, 0.15) is 6.42 Å². The molecule has 0 spiro atoms. The van der Waals surface area contributed by atoms with Crippen LogP contribution < -0.4 is 5.32 Å². The largest absolute Gasteiger partial charge is 0.385 e. The Bertz CT molecular complexity index is 462. The zero-order chi connectivity index (χ0) is 12.3. The molecule has 0 amide bonds. The van der Waals surface area contributed by atoms with Gasteiger partial charge in [-0.2, -0.15) is 11.8 Å². The van der Waals surface area contributed by atoms with Gasteiger partial charge in [0, 0.05) is 18.5 Å². The van der Waals surface area contributed by atoms with Gasteiger partial charge in [-0.15, -0.1) is 0 Å². The van der Waals surface area contributed by atoms with Gasteiger partial charge in [0.1, 0.15) is 0 Å². The number of nitrogens with one attached hydrogen (secondary N) is 1. The standard InChI is InChI=1S/C12H17NO2S2/c1-17(14,15)12-4-2-11(3-5-12)13-8-10-6-7-16-9-10/h2-5,10,13H,6-9H2,1H3. The summed E-state index contributed by atoms with van der Waals surface area (Å²) in [5, 5.41) is 3.36. The maximum Gasteiger partial charge on any atom is 0.175 e. The molecular formula is C12H17NO2S2. The van der Waals surface area contributed by atoms with Crippen LogP contribution in [0.15, 0.2) is 29.2 Å². The maximum absolute atomic E-state index is 11.3. The van der Waals surface area contributed by atoms with Gasteiger partial charge in [0.25, 0.3) is 0 Å². The summed E-state index contributed by atoms with van der Waals surface area (Å²) in [4.78, 5) is 0.375. The van der Waals surface area contributed by atoms with Crippen molar-refractivity contribution in [2.75, 3.05) is 29.6 Å². The summed E-state index contributed by atoms with van der Waals surface area (Å²) in [6, 6.07) is 6.97. The van der Waals surface area contributed by atoms with Crippen molar-refractivity contribution >= 4 is 27.3 Å². The topological polar surface area (TPSA) is 46.2 Å². The molecule has 0 saturated carbocycles. The monoisotopic (exact) mass is 271 g/mol. The zero-order valence-corrected chi connectivity index (χ0v) is 11.5. The maximum atomic E-state index is 11.3. The first kappa shape index (κ1) is 12.8. The number of anilines is 1. The van der Waals surface area contributed by atoms with Gasteiger partial charge in [-0.25, -0.2) is 8.42 Å². The van der Waals surface area contributed by atoms with Crippen molar-refractivity contribution in [1.82, 2.24) is 0 Å². The number of thioether (sulfide) groups is 1. The molecule has 1 unspecified atom stereocenters. The third-order valence-electron chi connectivity index (χ3n) is 2.90. The van der Waals surface area contributed by atoms with E-state index in [0.29, 0.717) is 4.90 Å². The van der Waals surface area contributed by atoms with Gasteiger partial charge in [-0.3, -0.25) is 0 Å². The quantitative estimate of drug-likeness (QED) is 0.912. The first-order valence-corrected chi connectivity index (χ1v) is 8.72. The summed E-state index contributed by atoms with van der Waals surface area (Å²) in [6.07, 6.45) is 2.50. The van der Waals surface area contributed by atoms with E-state index in [4.69, 9.17) is 0 Å². The third-order valence-corrected chi connectivity index (χ3v) is 5.26. The summed E-state index contributed by atoms with van der Waals surface area (Å²) >= 11 is 2.00. The Morgan fingerprint density at radius 3 is 2.59 bits per heavy atom. The molecule has 5 heteroatoms. The molecule has 1 fully saturated rings. The molecule has 3 nitrogen and oxygen atoms in total. The summed E-state index contributed by atoms with van der Waals surface area (Å²) in [5.41, 5.74) is 0.995. The lowest BCUT2D eigenvalue weighted by Gasteiger charge is -2.11. The van der Waals surface area contributed by atoms with Gasteiger partial charge in [-0.1, -0.05) is 0 Å². The molecule has 0 aliphatic carbocycles. The Morgan fingerprint density at radius 2 is 2.06 bits per heavy atom. The average molecular weight is 271 g/mol. The van der Waals surface area contributed by atoms with E-state index >= 15 is 0 Å². The molecule has 2 rings (SSSR count). The molecule has 1 aliphatic heterocycles. The van der Waals surface area contributed by atoms with Crippen LogP contribution in [0.3, 0.4) is 0 Å². The van der Waals surface area contributed by atoms with Crippen molar-refractivity contribution in [2.45, 2.75) is 11.3 Å². The third kappa shape index (κ3) is 3.64. The highest BCUT2D eigenvalue weighted by molar-refractivity contribution is 7.99. The SMILES string of the molecule is CS(=O)(=O)c1ccc(NCC2CCSC2)cc1. The fourth-order valence-corrected chi connectivity index (χ4v) is 3.74. The van der Waals surface area contributed by atoms with Crippen molar-refractivity contribution in [1.29, 1.82) is 0 Å². The molecule has 17 heavy (non-hydrogen) atoms. The lowest BCUT2D eigenvalue weighted by molar-refractivity contribution is 0.602. The Labute approximate surface area is 107 Å². The first-order chi connectivity index (χ1) is 8.05. The van der Waals surface area contributed by atoms with E-state index in [1.165, 1.54) is 24.2 Å². The fraction of sp³-hybridized carbons (Fsp3) is 0.500. The van der Waals surface area contributed by atoms with Crippen LogP contribution in [0, 0.1) is 5.92 Å². The van der Waals surface area contributed by atoms with E-state index in [0.717, 1.165) is 18.2 Å². The highest BCUT2D eigenvalue weighted by Gasteiger charge is 2.14. The second kappa shape index (κ2) is 5.31. The van der Waals surface area contributed by atoms with Gasteiger partial charge >= 0.3 is 0 Å². The second-order valence-electron chi connectivity index (χ2n) is 4.41. The first-order valence-electron chi connectivity index (χ1n) is 5.67. The average Bonchev–Trinajstić information content (AvgIpc) is 2.78. The zero-order valence-electron chi connectivity index (χ0n) is 9.85. The summed E-state index contributed by atoms with van der Waals surface area (Å²) in [7, 11) is -3.08. The smallest absolute Gasteiger partial charge is 0.175 e. The Balaban J connectivity index is 1.94. The van der Waals surface area contributed by atoms with Crippen molar-refractivity contribution in [2.24, 2.45) is 5.92 Å². The Kier molecular flexibility index (Phi) is 3.99. The minimum Gasteiger partial charge on any atom is -0.385 e. The number of hydrogen-bond acceptors (Lipinski definition) is 4. The van der Waals surface area contributed by atoms with Gasteiger partial charge in [0.15, 0.2) is 9.84 Å². The van der Waals surface area contributed by atoms with Gasteiger partial charge in [-0.05, 0) is 48.1 Å². The molecule has 1 aliphatic rings. The molecule has 0 bridgehead atoms. The van der Waals surface area contributed by atoms with Crippen molar-refractivity contribution in [3.8, 4) is 0 Å². The second-order valence-corrected chi connectivity index (χ2v) is 7.57. The lowest BCUT2D eigenvalue weighted by Crippen LogP contribution is -2.13. The van der Waals surface area contributed by atoms with Gasteiger partial charge in [0.2, 0.25) is 0 Å². The summed E-state index contributed by atoms with van der Waals surface area (Å²) in [5.74, 6) is 3.24. The van der Waals surface area contributed by atoms with E-state index in [2.05, 4.69) is 5.32 Å².